The van der Waals surface area contributed by atoms with Crippen molar-refractivity contribution in [1.29, 1.82) is 0 Å². The molecular weight excluding hydrogens is 299 g/mol. The molecule has 7 heteroatoms. The fraction of sp³-hybridized carbons (Fsp3) is 0.154. The van der Waals surface area contributed by atoms with Crippen LogP contribution in [-0.4, -0.2) is 20.0 Å². The van der Waals surface area contributed by atoms with Crippen LogP contribution in [-0.2, 0) is 12.4 Å². The lowest BCUT2D eigenvalue weighted by atomic mass is 10.2. The highest BCUT2D eigenvalue weighted by Crippen LogP contribution is 2.23. The molecule has 0 fully saturated rings. The molecule has 3 rings (SSSR count). The molecule has 0 aliphatic carbocycles. The van der Waals surface area contributed by atoms with Crippen molar-refractivity contribution in [3.63, 3.8) is 0 Å². The molecule has 0 amide bonds. The van der Waals surface area contributed by atoms with E-state index >= 15 is 0 Å². The average Bonchev–Trinajstić information content (AvgIpc) is 3.08. The van der Waals surface area contributed by atoms with Crippen molar-refractivity contribution < 1.29 is 4.42 Å². The van der Waals surface area contributed by atoms with E-state index < -0.39 is 0 Å². The van der Waals surface area contributed by atoms with Crippen LogP contribution >= 0.6 is 23.2 Å². The van der Waals surface area contributed by atoms with Gasteiger partial charge in [-0.3, -0.25) is 0 Å². The maximum atomic E-state index is 5.95. The first-order valence-electron chi connectivity index (χ1n) is 5.90. The number of rotatable bonds is 4. The molecule has 20 heavy (non-hydrogen) atoms. The van der Waals surface area contributed by atoms with Gasteiger partial charge in [0.05, 0.1) is 24.0 Å². The van der Waals surface area contributed by atoms with Crippen molar-refractivity contribution in [1.82, 2.24) is 20.0 Å². The van der Waals surface area contributed by atoms with E-state index in [1.165, 1.54) is 0 Å². The molecule has 3 aromatic rings. The zero-order valence-corrected chi connectivity index (χ0v) is 11.8. The maximum absolute atomic E-state index is 5.95. The van der Waals surface area contributed by atoms with Gasteiger partial charge in [0.25, 0.3) is 0 Å². The fourth-order valence-corrected chi connectivity index (χ4v) is 2.09. The van der Waals surface area contributed by atoms with Gasteiger partial charge in [0.1, 0.15) is 6.54 Å². The van der Waals surface area contributed by atoms with Crippen molar-refractivity contribution in [3.05, 3.63) is 53.3 Å². The second kappa shape index (κ2) is 5.64. The van der Waals surface area contributed by atoms with Gasteiger partial charge in [0.2, 0.25) is 5.89 Å². The molecule has 0 bridgehead atoms. The van der Waals surface area contributed by atoms with Crippen LogP contribution in [0.25, 0.3) is 11.3 Å². The van der Waals surface area contributed by atoms with Crippen LogP contribution in [0.3, 0.4) is 0 Å². The van der Waals surface area contributed by atoms with Gasteiger partial charge in [-0.25, -0.2) is 9.67 Å². The Kier molecular flexibility index (Phi) is 3.71. The number of aromatic nitrogens is 4. The monoisotopic (exact) mass is 308 g/mol. The second-order valence-electron chi connectivity index (χ2n) is 4.17. The molecule has 5 nitrogen and oxygen atoms in total. The molecule has 2 aromatic heterocycles. The molecule has 102 valence electrons. The van der Waals surface area contributed by atoms with Crippen molar-refractivity contribution in [3.8, 4) is 11.3 Å². The van der Waals surface area contributed by atoms with E-state index in [0.717, 1.165) is 5.56 Å². The minimum atomic E-state index is 0.333. The van der Waals surface area contributed by atoms with Crippen LogP contribution in [0.2, 0.25) is 5.02 Å². The van der Waals surface area contributed by atoms with Gasteiger partial charge in [0.15, 0.2) is 5.76 Å². The highest BCUT2D eigenvalue weighted by molar-refractivity contribution is 6.30. The largest absolute Gasteiger partial charge is 0.439 e. The van der Waals surface area contributed by atoms with Crippen LogP contribution in [0.5, 0.6) is 0 Å². The zero-order chi connectivity index (χ0) is 13.9. The second-order valence-corrected chi connectivity index (χ2v) is 4.87. The summed E-state index contributed by atoms with van der Waals surface area (Å²) in [6.07, 6.45) is 3.43. The summed E-state index contributed by atoms with van der Waals surface area (Å²) in [6.45, 7) is 0.407. The predicted molar refractivity (Wildman–Crippen MR) is 75.6 cm³/mol. The Balaban J connectivity index is 1.80. The minimum absolute atomic E-state index is 0.333. The van der Waals surface area contributed by atoms with Gasteiger partial charge in [-0.15, -0.1) is 16.7 Å². The highest BCUT2D eigenvalue weighted by Gasteiger charge is 2.08. The number of nitrogens with zero attached hydrogens (tertiary/aromatic N) is 4. The van der Waals surface area contributed by atoms with Gasteiger partial charge in [0, 0.05) is 10.6 Å². The standard InChI is InChI=1S/C13H10Cl2N4O/c14-5-11-7-19(18-17-11)8-13-16-6-12(20-13)9-2-1-3-10(15)4-9/h1-4,6-7H,5,8H2. The maximum Gasteiger partial charge on any atom is 0.216 e. The van der Waals surface area contributed by atoms with E-state index in [1.807, 2.05) is 24.3 Å². The molecule has 0 saturated heterocycles. The van der Waals surface area contributed by atoms with E-state index in [1.54, 1.807) is 17.1 Å². The van der Waals surface area contributed by atoms with Gasteiger partial charge >= 0.3 is 0 Å². The lowest BCUT2D eigenvalue weighted by Crippen LogP contribution is -2.00. The highest BCUT2D eigenvalue weighted by atomic mass is 35.5. The molecule has 0 N–H and O–H groups in total. The average molecular weight is 309 g/mol. The molecule has 0 spiro atoms. The van der Waals surface area contributed by atoms with E-state index in [0.29, 0.717) is 34.8 Å². The summed E-state index contributed by atoms with van der Waals surface area (Å²) >= 11 is 11.6. The van der Waals surface area contributed by atoms with Gasteiger partial charge in [-0.05, 0) is 12.1 Å². The van der Waals surface area contributed by atoms with E-state index in [-0.39, 0.29) is 0 Å². The first-order chi connectivity index (χ1) is 9.74. The summed E-state index contributed by atoms with van der Waals surface area (Å²) in [5.74, 6) is 1.55. The molecule has 0 atom stereocenters. The molecule has 0 radical (unpaired) electrons. The van der Waals surface area contributed by atoms with Gasteiger partial charge < -0.3 is 4.42 Å². The van der Waals surface area contributed by atoms with E-state index in [4.69, 9.17) is 27.6 Å². The van der Waals surface area contributed by atoms with E-state index in [9.17, 15) is 0 Å². The first-order valence-corrected chi connectivity index (χ1v) is 6.81. The number of benzene rings is 1. The fourth-order valence-electron chi connectivity index (χ4n) is 1.77. The summed E-state index contributed by atoms with van der Waals surface area (Å²) in [5, 5.41) is 8.50. The third-order valence-electron chi connectivity index (χ3n) is 2.68. The SMILES string of the molecule is ClCc1cn(Cc2ncc(-c3cccc(Cl)c3)o2)nn1. The Hall–Kier alpha value is -1.85. The normalized spacial score (nSPS) is 10.9. The molecule has 2 heterocycles. The lowest BCUT2D eigenvalue weighted by Gasteiger charge is -1.97. The Bertz CT molecular complexity index is 722. The van der Waals surface area contributed by atoms with Crippen molar-refractivity contribution in [2.45, 2.75) is 12.4 Å². The topological polar surface area (TPSA) is 56.7 Å². The number of hydrogen-bond donors (Lipinski definition) is 0. The Labute approximate surface area is 125 Å². The summed E-state index contributed by atoms with van der Waals surface area (Å²) < 4.78 is 7.31. The minimum Gasteiger partial charge on any atom is -0.439 e. The molecule has 0 aliphatic heterocycles. The zero-order valence-electron chi connectivity index (χ0n) is 10.3. The molecule has 0 saturated carbocycles. The van der Waals surface area contributed by atoms with Crippen LogP contribution in [0, 0.1) is 0 Å². The van der Waals surface area contributed by atoms with Gasteiger partial charge in [-0.2, -0.15) is 0 Å². The summed E-state index contributed by atoms with van der Waals surface area (Å²) in [5.41, 5.74) is 1.60. The van der Waals surface area contributed by atoms with Gasteiger partial charge in [-0.1, -0.05) is 28.9 Å². The van der Waals surface area contributed by atoms with Crippen LogP contribution in [0.15, 0.2) is 41.1 Å². The molecule has 0 unspecified atom stereocenters. The number of oxazole rings is 1. The number of hydrogen-bond acceptors (Lipinski definition) is 4. The van der Waals surface area contributed by atoms with Crippen molar-refractivity contribution >= 4 is 23.2 Å². The van der Waals surface area contributed by atoms with Crippen LogP contribution in [0.1, 0.15) is 11.6 Å². The Morgan fingerprint density at radius 3 is 2.95 bits per heavy atom. The summed E-state index contributed by atoms with van der Waals surface area (Å²) in [6, 6.07) is 7.42. The predicted octanol–water partition coefficient (Wildman–Crippen LogP) is 3.37. The quantitative estimate of drug-likeness (QED) is 0.693. The summed E-state index contributed by atoms with van der Waals surface area (Å²) in [4.78, 5) is 4.22. The molecule has 1 aromatic carbocycles. The van der Waals surface area contributed by atoms with Crippen LogP contribution in [0.4, 0.5) is 0 Å². The van der Waals surface area contributed by atoms with E-state index in [2.05, 4.69) is 15.3 Å². The lowest BCUT2D eigenvalue weighted by molar-refractivity contribution is 0.469. The van der Waals surface area contributed by atoms with Crippen molar-refractivity contribution in [2.24, 2.45) is 0 Å². The Morgan fingerprint density at radius 2 is 2.20 bits per heavy atom. The van der Waals surface area contributed by atoms with Crippen molar-refractivity contribution in [2.75, 3.05) is 0 Å². The third-order valence-corrected chi connectivity index (χ3v) is 3.19. The number of alkyl halides is 1. The summed E-state index contributed by atoms with van der Waals surface area (Å²) in [7, 11) is 0. The van der Waals surface area contributed by atoms with Crippen LogP contribution < -0.4 is 0 Å². The molecular formula is C13H10Cl2N4O. The molecule has 0 aliphatic rings. The third kappa shape index (κ3) is 2.84. The smallest absolute Gasteiger partial charge is 0.216 e. The first kappa shape index (κ1) is 13.1. The number of halogens is 2. The Morgan fingerprint density at radius 1 is 1.30 bits per heavy atom.